The van der Waals surface area contributed by atoms with Crippen molar-refractivity contribution in [3.63, 3.8) is 0 Å². The average Bonchev–Trinajstić information content (AvgIpc) is 3.11. The largest absolute Gasteiger partial charge is 0.493 e. The van der Waals surface area contributed by atoms with E-state index in [-0.39, 0.29) is 24.0 Å². The van der Waals surface area contributed by atoms with E-state index in [1.807, 2.05) is 0 Å². The zero-order valence-corrected chi connectivity index (χ0v) is 16.9. The van der Waals surface area contributed by atoms with Crippen LogP contribution in [-0.2, 0) is 17.3 Å². The maximum absolute atomic E-state index is 13.3. The van der Waals surface area contributed by atoms with Gasteiger partial charge in [-0.15, -0.1) is 0 Å². The van der Waals surface area contributed by atoms with Crippen molar-refractivity contribution in [1.29, 1.82) is 5.41 Å². The van der Waals surface area contributed by atoms with Gasteiger partial charge in [0.25, 0.3) is 0 Å². The van der Waals surface area contributed by atoms with E-state index >= 15 is 0 Å². The van der Waals surface area contributed by atoms with Crippen LogP contribution in [-0.4, -0.2) is 52.0 Å². The van der Waals surface area contributed by atoms with Gasteiger partial charge in [0.2, 0.25) is 11.8 Å². The fourth-order valence-electron chi connectivity index (χ4n) is 3.52. The molecule has 1 aliphatic heterocycles. The van der Waals surface area contributed by atoms with Gasteiger partial charge in [0.15, 0.2) is 0 Å². The highest BCUT2D eigenvalue weighted by Gasteiger charge is 2.31. The van der Waals surface area contributed by atoms with Crippen LogP contribution in [0.1, 0.15) is 16.7 Å². The second kappa shape index (κ2) is 8.62. The molecule has 10 heteroatoms. The van der Waals surface area contributed by atoms with Crippen molar-refractivity contribution in [2.45, 2.75) is 12.6 Å². The summed E-state index contributed by atoms with van der Waals surface area (Å²) in [4.78, 5) is 1.69. The number of nitrogens with one attached hydrogen (secondary N) is 1. The minimum absolute atomic E-state index is 0.0654. The van der Waals surface area contributed by atoms with E-state index in [9.17, 15) is 22.7 Å². The lowest BCUT2D eigenvalue weighted by molar-refractivity contribution is -0.137. The summed E-state index contributed by atoms with van der Waals surface area (Å²) in [6.45, 7) is 1.75. The molecule has 168 valence electrons. The Morgan fingerprint density at radius 2 is 1.66 bits per heavy atom. The van der Waals surface area contributed by atoms with Crippen LogP contribution in [0.5, 0.6) is 5.88 Å². The summed E-state index contributed by atoms with van der Waals surface area (Å²) in [7, 11) is 0. The van der Waals surface area contributed by atoms with Crippen LogP contribution in [0.2, 0.25) is 0 Å². The zero-order valence-electron chi connectivity index (χ0n) is 16.9. The minimum Gasteiger partial charge on any atom is -0.493 e. The van der Waals surface area contributed by atoms with E-state index in [4.69, 9.17) is 10.1 Å². The van der Waals surface area contributed by atoms with E-state index in [2.05, 4.69) is 5.10 Å². The van der Waals surface area contributed by atoms with Gasteiger partial charge in [0, 0.05) is 30.6 Å². The van der Waals surface area contributed by atoms with Gasteiger partial charge in [0.1, 0.15) is 11.5 Å². The number of aromatic hydroxyl groups is 1. The maximum Gasteiger partial charge on any atom is 0.416 e. The van der Waals surface area contributed by atoms with Crippen molar-refractivity contribution in [3.05, 3.63) is 71.0 Å². The number of aromatic nitrogens is 2. The molecule has 2 heterocycles. The highest BCUT2D eigenvalue weighted by atomic mass is 19.4. The number of halogens is 4. The number of nitrogens with zero attached hydrogens (tertiary/aromatic N) is 3. The molecule has 6 nitrogen and oxygen atoms in total. The highest BCUT2D eigenvalue weighted by molar-refractivity contribution is 5.82. The normalized spacial score (nSPS) is 14.6. The summed E-state index contributed by atoms with van der Waals surface area (Å²) in [5, 5.41) is 23.8. The molecule has 0 radical (unpaired) electrons. The lowest BCUT2D eigenvalue weighted by Crippen LogP contribution is -2.43. The number of benzene rings is 2. The van der Waals surface area contributed by atoms with Crippen LogP contribution in [0.15, 0.2) is 48.5 Å². The fraction of sp³-hybridized carbons (Fsp3) is 0.273. The molecule has 0 unspecified atom stereocenters. The molecule has 0 aliphatic carbocycles. The molecule has 0 saturated carbocycles. The van der Waals surface area contributed by atoms with Gasteiger partial charge < -0.3 is 14.7 Å². The Balaban J connectivity index is 1.75. The first kappa shape index (κ1) is 21.8. The Morgan fingerprint density at radius 1 is 1.03 bits per heavy atom. The quantitative estimate of drug-likeness (QED) is 0.359. The number of hydrogen-bond acceptors (Lipinski definition) is 4. The summed E-state index contributed by atoms with van der Waals surface area (Å²) in [6, 6.07) is 10.1. The van der Waals surface area contributed by atoms with Crippen LogP contribution in [0.4, 0.5) is 17.6 Å². The summed E-state index contributed by atoms with van der Waals surface area (Å²) < 4.78 is 58.6. The van der Waals surface area contributed by atoms with Gasteiger partial charge >= 0.3 is 6.18 Å². The molecule has 32 heavy (non-hydrogen) atoms. The predicted molar refractivity (Wildman–Crippen MR) is 109 cm³/mol. The van der Waals surface area contributed by atoms with E-state index in [1.165, 1.54) is 24.3 Å². The molecule has 0 spiro atoms. The van der Waals surface area contributed by atoms with Crippen molar-refractivity contribution < 1.29 is 27.4 Å². The van der Waals surface area contributed by atoms with E-state index in [0.29, 0.717) is 43.0 Å². The van der Waals surface area contributed by atoms with Crippen molar-refractivity contribution in [2.75, 3.05) is 26.3 Å². The number of morpholine rings is 1. The highest BCUT2D eigenvalue weighted by Crippen LogP contribution is 2.35. The molecule has 4 rings (SSSR count). The Labute approximate surface area is 181 Å². The Morgan fingerprint density at radius 3 is 2.25 bits per heavy atom. The number of hydrogen-bond donors (Lipinski definition) is 2. The SMILES string of the molecule is N=C(N1CCOCC1)n1nc(-c2ccc(C(F)(F)F)cc2)c(Cc2ccc(F)cc2)c1O. The first-order valence-electron chi connectivity index (χ1n) is 9.88. The second-order valence-corrected chi connectivity index (χ2v) is 7.36. The molecule has 2 aromatic carbocycles. The van der Waals surface area contributed by atoms with Crippen LogP contribution < -0.4 is 0 Å². The maximum atomic E-state index is 13.3. The molecular weight excluding hydrogens is 428 g/mol. The van der Waals surface area contributed by atoms with Gasteiger partial charge in [-0.05, 0) is 29.8 Å². The minimum atomic E-state index is -4.48. The molecule has 0 atom stereocenters. The lowest BCUT2D eigenvalue weighted by atomic mass is 10.0. The molecule has 2 N–H and O–H groups in total. The predicted octanol–water partition coefficient (Wildman–Crippen LogP) is 4.12. The fourth-order valence-corrected chi connectivity index (χ4v) is 3.52. The summed E-state index contributed by atoms with van der Waals surface area (Å²) in [5.41, 5.74) is 0.810. The van der Waals surface area contributed by atoms with Crippen LogP contribution >= 0.6 is 0 Å². The van der Waals surface area contributed by atoms with Crippen LogP contribution in [0.25, 0.3) is 11.3 Å². The van der Waals surface area contributed by atoms with E-state index in [1.54, 1.807) is 17.0 Å². The van der Waals surface area contributed by atoms with Crippen molar-refractivity contribution >= 4 is 5.96 Å². The molecule has 1 aliphatic rings. The molecule has 1 fully saturated rings. The third kappa shape index (κ3) is 4.45. The number of rotatable bonds is 3. The Kier molecular flexibility index (Phi) is 5.88. The topological polar surface area (TPSA) is 74.4 Å². The summed E-state index contributed by atoms with van der Waals surface area (Å²) >= 11 is 0. The third-order valence-corrected chi connectivity index (χ3v) is 5.25. The first-order chi connectivity index (χ1) is 15.2. The molecule has 3 aromatic rings. The zero-order chi connectivity index (χ0) is 22.9. The van der Waals surface area contributed by atoms with Gasteiger partial charge in [-0.1, -0.05) is 24.3 Å². The molecule has 1 saturated heterocycles. The monoisotopic (exact) mass is 448 g/mol. The van der Waals surface area contributed by atoms with Crippen molar-refractivity contribution in [1.82, 2.24) is 14.7 Å². The molecular formula is C22H20F4N4O2. The van der Waals surface area contributed by atoms with Crippen molar-refractivity contribution in [2.24, 2.45) is 0 Å². The summed E-state index contributed by atoms with van der Waals surface area (Å²) in [6.07, 6.45) is -4.33. The Bertz CT molecular complexity index is 1100. The molecule has 0 bridgehead atoms. The van der Waals surface area contributed by atoms with Gasteiger partial charge in [-0.2, -0.15) is 23.0 Å². The van der Waals surface area contributed by atoms with Gasteiger partial charge in [-0.3, -0.25) is 5.41 Å². The van der Waals surface area contributed by atoms with Crippen LogP contribution in [0.3, 0.4) is 0 Å². The average molecular weight is 448 g/mol. The molecule has 0 amide bonds. The van der Waals surface area contributed by atoms with Gasteiger partial charge in [-0.25, -0.2) is 4.39 Å². The summed E-state index contributed by atoms with van der Waals surface area (Å²) in [5.74, 6) is -0.768. The van der Waals surface area contributed by atoms with E-state index in [0.717, 1.165) is 16.8 Å². The van der Waals surface area contributed by atoms with Gasteiger partial charge in [0.05, 0.1) is 18.8 Å². The smallest absolute Gasteiger partial charge is 0.416 e. The standard InChI is InChI=1S/C22H20F4N4O2/c23-17-7-1-14(2-8-17)13-18-19(15-3-5-16(6-4-15)22(24,25)26)28-30(20(18)31)21(27)29-9-11-32-12-10-29/h1-8,27,31H,9-13H2. The van der Waals surface area contributed by atoms with Crippen LogP contribution in [0, 0.1) is 11.2 Å². The number of alkyl halides is 3. The second-order valence-electron chi connectivity index (χ2n) is 7.36. The molecule has 1 aromatic heterocycles. The lowest BCUT2D eigenvalue weighted by Gasteiger charge is -2.28. The Hall–Kier alpha value is -3.40. The van der Waals surface area contributed by atoms with Crippen molar-refractivity contribution in [3.8, 4) is 17.1 Å². The number of ether oxygens (including phenoxy) is 1. The third-order valence-electron chi connectivity index (χ3n) is 5.25. The first-order valence-corrected chi connectivity index (χ1v) is 9.88. The van der Waals surface area contributed by atoms with E-state index < -0.39 is 17.6 Å².